The van der Waals surface area contributed by atoms with Gasteiger partial charge in [-0.05, 0) is 0 Å². The summed E-state index contributed by atoms with van der Waals surface area (Å²) >= 11 is -3.05. The minimum absolute atomic E-state index is 0.620. The molecule has 0 saturated carbocycles. The van der Waals surface area contributed by atoms with E-state index in [9.17, 15) is 0 Å². The SMILES string of the molecule is CCCC1=[C]([Zr]([CH3])([CH3])([C]2=C(C)C(C)=C(C)C2C)[SiH]2CCC2)CC=C1. The first-order valence-electron chi connectivity index (χ1n) is 10.2. The van der Waals surface area contributed by atoms with Crippen molar-refractivity contribution in [2.75, 3.05) is 0 Å². The minimum atomic E-state index is -3.05. The first-order valence-corrected chi connectivity index (χ1v) is 24.0. The van der Waals surface area contributed by atoms with E-state index in [1.165, 1.54) is 25.7 Å². The van der Waals surface area contributed by atoms with Gasteiger partial charge in [-0.1, -0.05) is 0 Å². The predicted octanol–water partition coefficient (Wildman–Crippen LogP) is 7.17. The molecule has 0 bridgehead atoms. The van der Waals surface area contributed by atoms with Crippen LogP contribution in [-0.4, -0.2) is 5.92 Å². The fraction of sp³-hybridized carbons (Fsp3) is 0.636. The van der Waals surface area contributed by atoms with Gasteiger partial charge < -0.3 is 0 Å². The summed E-state index contributed by atoms with van der Waals surface area (Å²) in [6.45, 7) is 12.1. The Kier molecular flexibility index (Phi) is 4.98. The van der Waals surface area contributed by atoms with E-state index in [0.29, 0.717) is 0 Å². The van der Waals surface area contributed by atoms with Crippen molar-refractivity contribution in [3.8, 4) is 0 Å². The summed E-state index contributed by atoms with van der Waals surface area (Å²) in [5.41, 5.74) is 6.77. The second-order valence-corrected chi connectivity index (χ2v) is 43.4. The van der Waals surface area contributed by atoms with Crippen molar-refractivity contribution in [2.24, 2.45) is 5.92 Å². The van der Waals surface area contributed by atoms with Crippen LogP contribution in [-0.2, 0) is 17.9 Å². The number of hydrogen-bond donors (Lipinski definition) is 0. The van der Waals surface area contributed by atoms with Crippen molar-refractivity contribution in [1.29, 1.82) is 0 Å². The van der Waals surface area contributed by atoms with Gasteiger partial charge in [-0.2, -0.15) is 0 Å². The van der Waals surface area contributed by atoms with Crippen molar-refractivity contribution >= 4 is 5.92 Å². The summed E-state index contributed by atoms with van der Waals surface area (Å²) in [5, 5.41) is 0. The van der Waals surface area contributed by atoms with E-state index in [1.54, 1.807) is 34.4 Å². The molecule has 0 amide bonds. The van der Waals surface area contributed by atoms with E-state index in [2.05, 4.69) is 56.0 Å². The molecule has 0 radical (unpaired) electrons. The summed E-state index contributed by atoms with van der Waals surface area (Å²) in [7, 11) is 0. The van der Waals surface area contributed by atoms with Crippen LogP contribution in [0.1, 0.15) is 60.3 Å². The molecule has 2 aliphatic carbocycles. The van der Waals surface area contributed by atoms with Crippen LogP contribution in [0.2, 0.25) is 21.4 Å². The molecule has 0 spiro atoms. The molecule has 1 unspecified atom stereocenters. The van der Waals surface area contributed by atoms with Crippen molar-refractivity contribution in [2.45, 2.75) is 81.7 Å². The molecule has 0 aromatic heterocycles. The summed E-state index contributed by atoms with van der Waals surface area (Å²) in [6.07, 6.45) is 10.4. The Labute approximate surface area is 151 Å². The topological polar surface area (TPSA) is 0 Å². The van der Waals surface area contributed by atoms with Crippen LogP contribution in [0.3, 0.4) is 0 Å². The van der Waals surface area contributed by atoms with Gasteiger partial charge in [0.2, 0.25) is 0 Å². The van der Waals surface area contributed by atoms with Gasteiger partial charge in [0.15, 0.2) is 0 Å². The maximum atomic E-state index is 2.89. The first kappa shape index (κ1) is 18.8. The number of hydrogen-bond acceptors (Lipinski definition) is 0. The van der Waals surface area contributed by atoms with E-state index < -0.39 is 23.9 Å². The zero-order valence-electron chi connectivity index (χ0n) is 17.1. The van der Waals surface area contributed by atoms with Gasteiger partial charge in [-0.15, -0.1) is 0 Å². The van der Waals surface area contributed by atoms with Gasteiger partial charge in [0.25, 0.3) is 0 Å². The molecule has 0 nitrogen and oxygen atoms in total. The molecule has 1 saturated heterocycles. The van der Waals surface area contributed by atoms with Gasteiger partial charge in [0, 0.05) is 0 Å². The number of rotatable bonds is 5. The van der Waals surface area contributed by atoms with Gasteiger partial charge in [0.1, 0.15) is 0 Å². The summed E-state index contributed by atoms with van der Waals surface area (Å²) in [4.78, 5) is 0. The Morgan fingerprint density at radius 3 is 2.25 bits per heavy atom. The van der Waals surface area contributed by atoms with Gasteiger partial charge in [0.05, 0.1) is 0 Å². The predicted molar refractivity (Wildman–Crippen MR) is 109 cm³/mol. The third-order valence-electron chi connectivity index (χ3n) is 8.28. The third kappa shape index (κ3) is 2.46. The standard InChI is InChI=1S/C9H13.C8H11.C3H7Si.2CH3.Zr/c1-6-5-7(2)9(4)8(6)3;1-2-5-8-6-3-4-7-8;1-2-4-3-1;;;/h6H,1-4H3;3,6H,2,4-5H2,1H3;4H,1-3H2;2*1H3;. The molecule has 133 valence electrons. The van der Waals surface area contributed by atoms with E-state index in [-0.39, 0.29) is 0 Å². The average molecular weight is 421 g/mol. The zero-order valence-corrected chi connectivity index (χ0v) is 20.7. The van der Waals surface area contributed by atoms with Crippen LogP contribution < -0.4 is 0 Å². The Morgan fingerprint density at radius 2 is 1.79 bits per heavy atom. The third-order valence-corrected chi connectivity index (χ3v) is 51.1. The number of allylic oxidation sites excluding steroid dienone is 8. The van der Waals surface area contributed by atoms with Crippen LogP contribution in [0.5, 0.6) is 0 Å². The normalized spacial score (nSPS) is 27.1. The second-order valence-electron chi connectivity index (χ2n) is 9.55. The molecule has 24 heavy (non-hydrogen) atoms. The van der Waals surface area contributed by atoms with E-state index in [0.717, 1.165) is 5.92 Å². The molecule has 0 aromatic carbocycles. The Hall–Kier alpha value is 0.0600. The Morgan fingerprint density at radius 1 is 1.12 bits per heavy atom. The molecule has 2 heteroatoms. The molecule has 1 fully saturated rings. The molecule has 3 rings (SSSR count). The van der Waals surface area contributed by atoms with Crippen LogP contribution in [0.25, 0.3) is 0 Å². The van der Waals surface area contributed by atoms with Gasteiger partial charge in [-0.3, -0.25) is 0 Å². The van der Waals surface area contributed by atoms with Crippen molar-refractivity contribution in [3.05, 3.63) is 41.0 Å². The van der Waals surface area contributed by atoms with E-state index >= 15 is 0 Å². The van der Waals surface area contributed by atoms with E-state index in [4.69, 9.17) is 0 Å². The Balaban J connectivity index is 2.22. The van der Waals surface area contributed by atoms with Gasteiger partial charge >= 0.3 is 152 Å². The van der Waals surface area contributed by atoms with Crippen molar-refractivity contribution in [1.82, 2.24) is 0 Å². The van der Waals surface area contributed by atoms with Gasteiger partial charge in [-0.25, -0.2) is 0 Å². The molecular weight excluding hydrogens is 384 g/mol. The molecule has 0 aromatic rings. The van der Waals surface area contributed by atoms with Crippen molar-refractivity contribution < 1.29 is 17.9 Å². The molecule has 1 heterocycles. The molecule has 1 aliphatic heterocycles. The van der Waals surface area contributed by atoms with Crippen LogP contribution in [0, 0.1) is 5.92 Å². The van der Waals surface area contributed by atoms with Crippen LogP contribution >= 0.6 is 0 Å². The van der Waals surface area contributed by atoms with E-state index in [1.807, 2.05) is 6.56 Å². The maximum absolute atomic E-state index is 3.05. The summed E-state index contributed by atoms with van der Waals surface area (Å²) < 4.78 is 9.79. The van der Waals surface area contributed by atoms with Crippen molar-refractivity contribution in [3.63, 3.8) is 0 Å². The van der Waals surface area contributed by atoms with Crippen LogP contribution in [0.4, 0.5) is 0 Å². The monoisotopic (exact) mass is 419 g/mol. The molecule has 1 atom stereocenters. The molecule has 0 N–H and O–H groups in total. The summed E-state index contributed by atoms with van der Waals surface area (Å²) in [5.74, 6) is 0.0976. The molecule has 3 aliphatic rings. The average Bonchev–Trinajstić information content (AvgIpc) is 2.99. The summed E-state index contributed by atoms with van der Waals surface area (Å²) in [6, 6.07) is 3.26. The second kappa shape index (κ2) is 6.34. The fourth-order valence-corrected chi connectivity index (χ4v) is 49.7. The molecular formula is C22H37SiZr. The quantitative estimate of drug-likeness (QED) is 0.413. The first-order chi connectivity index (χ1) is 11.2. The Bertz CT molecular complexity index is 683. The fourth-order valence-electron chi connectivity index (χ4n) is 6.37. The zero-order chi connectivity index (χ0) is 17.7. The van der Waals surface area contributed by atoms with Crippen LogP contribution in [0.15, 0.2) is 41.0 Å².